The normalized spacial score (nSPS) is 10.6. The highest BCUT2D eigenvalue weighted by molar-refractivity contribution is 14.1. The van der Waals surface area contributed by atoms with Crippen molar-refractivity contribution in [1.29, 1.82) is 0 Å². The van der Waals surface area contributed by atoms with Gasteiger partial charge in [0.1, 0.15) is 0 Å². The van der Waals surface area contributed by atoms with Crippen LogP contribution in [-0.2, 0) is 0 Å². The molecule has 0 aliphatic rings. The second kappa shape index (κ2) is 7.15. The predicted molar refractivity (Wildman–Crippen MR) is 111 cm³/mol. The van der Waals surface area contributed by atoms with Crippen LogP contribution in [0.4, 0.5) is 0 Å². The van der Waals surface area contributed by atoms with Crippen molar-refractivity contribution in [2.75, 3.05) is 0 Å². The van der Waals surface area contributed by atoms with E-state index in [4.69, 9.17) is 9.97 Å². The maximum atomic E-state index is 4.82. The molecule has 1 heterocycles. The molecule has 0 aliphatic carbocycles. The summed E-state index contributed by atoms with van der Waals surface area (Å²) in [5.74, 6) is 0.747. The molecule has 0 bridgehead atoms. The lowest BCUT2D eigenvalue weighted by Crippen LogP contribution is -1.95. The lowest BCUT2D eigenvalue weighted by molar-refractivity contribution is 1.18. The summed E-state index contributed by atoms with van der Waals surface area (Å²) in [4.78, 5) is 9.63. The fraction of sp³-hybridized carbons (Fsp3) is 0. The van der Waals surface area contributed by atoms with Crippen molar-refractivity contribution in [2.45, 2.75) is 0 Å². The second-order valence-electron chi connectivity index (χ2n) is 5.70. The molecule has 0 N–H and O–H groups in total. The van der Waals surface area contributed by atoms with Gasteiger partial charge >= 0.3 is 0 Å². The zero-order chi connectivity index (χ0) is 17.1. The lowest BCUT2D eigenvalue weighted by atomic mass is 10.1. The largest absolute Gasteiger partial charge is 0.228 e. The summed E-state index contributed by atoms with van der Waals surface area (Å²) >= 11 is 2.31. The molecule has 0 aliphatic heterocycles. The fourth-order valence-corrected chi connectivity index (χ4v) is 3.05. The van der Waals surface area contributed by atoms with E-state index in [1.807, 2.05) is 36.4 Å². The van der Waals surface area contributed by atoms with Gasteiger partial charge in [0.05, 0.1) is 11.4 Å². The lowest BCUT2D eigenvalue weighted by Gasteiger charge is -2.09. The number of halogens is 1. The monoisotopic (exact) mass is 434 g/mol. The summed E-state index contributed by atoms with van der Waals surface area (Å²) < 4.78 is 1.20. The SMILES string of the molecule is Ic1ccc(-c2nc(-c3ccccc3)cc(-c3ccccc3)n2)cc1. The molecule has 0 saturated carbocycles. The summed E-state index contributed by atoms with van der Waals surface area (Å²) in [7, 11) is 0. The Balaban J connectivity index is 1.90. The molecule has 0 fully saturated rings. The third-order valence-corrected chi connectivity index (χ3v) is 4.69. The number of benzene rings is 3. The number of hydrogen-bond donors (Lipinski definition) is 0. The van der Waals surface area contributed by atoms with E-state index in [-0.39, 0.29) is 0 Å². The minimum Gasteiger partial charge on any atom is -0.228 e. The first-order valence-electron chi connectivity index (χ1n) is 8.05. The van der Waals surface area contributed by atoms with E-state index in [1.165, 1.54) is 3.57 Å². The third kappa shape index (κ3) is 3.61. The first-order chi connectivity index (χ1) is 12.3. The smallest absolute Gasteiger partial charge is 0.160 e. The molecule has 0 amide bonds. The zero-order valence-corrected chi connectivity index (χ0v) is 15.6. The first-order valence-corrected chi connectivity index (χ1v) is 9.13. The van der Waals surface area contributed by atoms with Gasteiger partial charge in [0.25, 0.3) is 0 Å². The summed E-state index contributed by atoms with van der Waals surface area (Å²) in [5, 5.41) is 0. The van der Waals surface area contributed by atoms with Crippen LogP contribution in [0.15, 0.2) is 91.0 Å². The van der Waals surface area contributed by atoms with Crippen LogP contribution >= 0.6 is 22.6 Å². The van der Waals surface area contributed by atoms with Crippen molar-refractivity contribution < 1.29 is 0 Å². The van der Waals surface area contributed by atoms with Gasteiger partial charge in [-0.25, -0.2) is 9.97 Å². The van der Waals surface area contributed by atoms with Crippen molar-refractivity contribution in [3.63, 3.8) is 0 Å². The van der Waals surface area contributed by atoms with Crippen molar-refractivity contribution >= 4 is 22.6 Å². The van der Waals surface area contributed by atoms with Crippen LogP contribution in [0.25, 0.3) is 33.9 Å². The van der Waals surface area contributed by atoms with Crippen molar-refractivity contribution in [1.82, 2.24) is 9.97 Å². The van der Waals surface area contributed by atoms with Crippen LogP contribution in [0, 0.1) is 3.57 Å². The van der Waals surface area contributed by atoms with E-state index in [9.17, 15) is 0 Å². The average Bonchev–Trinajstić information content (AvgIpc) is 2.69. The van der Waals surface area contributed by atoms with Gasteiger partial charge in [-0.15, -0.1) is 0 Å². The minimum atomic E-state index is 0.747. The molecule has 0 saturated heterocycles. The van der Waals surface area contributed by atoms with Crippen LogP contribution in [0.5, 0.6) is 0 Å². The highest BCUT2D eigenvalue weighted by Crippen LogP contribution is 2.27. The molecule has 3 heteroatoms. The standard InChI is InChI=1S/C22H15IN2/c23-19-13-11-18(12-14-19)22-24-20(16-7-3-1-4-8-16)15-21(25-22)17-9-5-2-6-10-17/h1-15H. The molecule has 0 radical (unpaired) electrons. The molecular weight excluding hydrogens is 419 g/mol. The summed E-state index contributed by atoms with van der Waals surface area (Å²) in [6.07, 6.45) is 0. The number of rotatable bonds is 3. The van der Waals surface area contributed by atoms with Crippen LogP contribution in [0.1, 0.15) is 0 Å². The van der Waals surface area contributed by atoms with Crippen LogP contribution < -0.4 is 0 Å². The highest BCUT2D eigenvalue weighted by Gasteiger charge is 2.10. The molecular formula is C22H15IN2. The third-order valence-electron chi connectivity index (χ3n) is 3.97. The van der Waals surface area contributed by atoms with Gasteiger partial charge in [-0.05, 0) is 40.8 Å². The summed E-state index contributed by atoms with van der Waals surface area (Å²) in [6, 6.07) is 30.8. The number of hydrogen-bond acceptors (Lipinski definition) is 2. The second-order valence-corrected chi connectivity index (χ2v) is 6.95. The summed E-state index contributed by atoms with van der Waals surface area (Å²) in [5.41, 5.74) is 5.07. The number of aromatic nitrogens is 2. The van der Waals surface area contributed by atoms with Gasteiger partial charge in [0.15, 0.2) is 5.82 Å². The molecule has 0 atom stereocenters. The molecule has 120 valence electrons. The van der Waals surface area contributed by atoms with Gasteiger partial charge < -0.3 is 0 Å². The molecule has 25 heavy (non-hydrogen) atoms. The van der Waals surface area contributed by atoms with Gasteiger partial charge in [-0.3, -0.25) is 0 Å². The van der Waals surface area contributed by atoms with E-state index in [2.05, 4.69) is 77.2 Å². The Morgan fingerprint density at radius 3 is 1.48 bits per heavy atom. The maximum absolute atomic E-state index is 4.82. The average molecular weight is 434 g/mol. The quantitative estimate of drug-likeness (QED) is 0.365. The van der Waals surface area contributed by atoms with Crippen molar-refractivity contribution in [3.8, 4) is 33.9 Å². The van der Waals surface area contributed by atoms with Gasteiger partial charge in [0, 0.05) is 20.3 Å². The Bertz CT molecular complexity index is 924. The van der Waals surface area contributed by atoms with Crippen molar-refractivity contribution in [2.24, 2.45) is 0 Å². The molecule has 3 aromatic carbocycles. The predicted octanol–water partition coefficient (Wildman–Crippen LogP) is 6.08. The molecule has 4 rings (SSSR count). The van der Waals surface area contributed by atoms with Crippen LogP contribution in [0.3, 0.4) is 0 Å². The van der Waals surface area contributed by atoms with Gasteiger partial charge in [-0.2, -0.15) is 0 Å². The van der Waals surface area contributed by atoms with Crippen LogP contribution in [0.2, 0.25) is 0 Å². The van der Waals surface area contributed by atoms with E-state index >= 15 is 0 Å². The topological polar surface area (TPSA) is 25.8 Å². The fourth-order valence-electron chi connectivity index (χ4n) is 2.69. The summed E-state index contributed by atoms with van der Waals surface area (Å²) in [6.45, 7) is 0. The molecule has 2 nitrogen and oxygen atoms in total. The number of nitrogens with zero attached hydrogens (tertiary/aromatic N) is 2. The Kier molecular flexibility index (Phi) is 4.57. The van der Waals surface area contributed by atoms with Crippen LogP contribution in [-0.4, -0.2) is 9.97 Å². The minimum absolute atomic E-state index is 0.747. The molecule has 0 unspecified atom stereocenters. The van der Waals surface area contributed by atoms with E-state index in [1.54, 1.807) is 0 Å². The molecule has 0 spiro atoms. The van der Waals surface area contributed by atoms with E-state index < -0.39 is 0 Å². The van der Waals surface area contributed by atoms with Crippen molar-refractivity contribution in [3.05, 3.63) is 94.6 Å². The Morgan fingerprint density at radius 2 is 1.00 bits per heavy atom. The van der Waals surface area contributed by atoms with Gasteiger partial charge in [0.2, 0.25) is 0 Å². The van der Waals surface area contributed by atoms with E-state index in [0.29, 0.717) is 0 Å². The maximum Gasteiger partial charge on any atom is 0.160 e. The Morgan fingerprint density at radius 1 is 0.520 bits per heavy atom. The van der Waals surface area contributed by atoms with E-state index in [0.717, 1.165) is 33.9 Å². The Labute approximate surface area is 160 Å². The van der Waals surface area contributed by atoms with Gasteiger partial charge in [-0.1, -0.05) is 72.8 Å². The zero-order valence-electron chi connectivity index (χ0n) is 13.4. The molecule has 1 aromatic heterocycles. The Hall–Kier alpha value is -2.53. The first kappa shape index (κ1) is 16.0. The highest BCUT2D eigenvalue weighted by atomic mass is 127. The molecule has 4 aromatic rings.